The number of aryl methyl sites for hydroxylation is 1. The molecule has 76 valence electrons. The van der Waals surface area contributed by atoms with Crippen LogP contribution in [0.15, 0.2) is 18.2 Å². The van der Waals surface area contributed by atoms with Gasteiger partial charge in [0.15, 0.2) is 0 Å². The number of benzene rings is 1. The molecule has 0 radical (unpaired) electrons. The van der Waals surface area contributed by atoms with Crippen LogP contribution in [0, 0.1) is 18.2 Å². The molecule has 1 nitrogen and oxygen atoms in total. The molecule has 0 bridgehead atoms. The van der Waals surface area contributed by atoms with Gasteiger partial charge in [-0.15, -0.1) is 0 Å². The van der Waals surface area contributed by atoms with Crippen LogP contribution in [0.25, 0.3) is 0 Å². The summed E-state index contributed by atoms with van der Waals surface area (Å²) in [6.45, 7) is 6.03. The standard InChI is InChI=1S/C12H16FN/c1-7-4-5-8(6-9(7)13)10-11(14)12(10,2)3/h4-6,10-11H,14H2,1-3H3/t10-,11-/m0/s1. The van der Waals surface area contributed by atoms with Crippen molar-refractivity contribution in [1.82, 2.24) is 0 Å². The molecule has 1 aromatic carbocycles. The van der Waals surface area contributed by atoms with Gasteiger partial charge in [0.25, 0.3) is 0 Å². The minimum atomic E-state index is -0.127. The molecule has 0 unspecified atom stereocenters. The molecular weight excluding hydrogens is 177 g/mol. The lowest BCUT2D eigenvalue weighted by atomic mass is 10.0. The van der Waals surface area contributed by atoms with Gasteiger partial charge in [0.05, 0.1) is 0 Å². The fraction of sp³-hybridized carbons (Fsp3) is 0.500. The highest BCUT2D eigenvalue weighted by atomic mass is 19.1. The van der Waals surface area contributed by atoms with Crippen LogP contribution >= 0.6 is 0 Å². The van der Waals surface area contributed by atoms with Crippen molar-refractivity contribution in [3.05, 3.63) is 35.1 Å². The molecule has 2 atom stereocenters. The van der Waals surface area contributed by atoms with E-state index in [0.29, 0.717) is 11.5 Å². The molecule has 1 saturated carbocycles. The Morgan fingerprint density at radius 3 is 2.36 bits per heavy atom. The molecule has 0 saturated heterocycles. The summed E-state index contributed by atoms with van der Waals surface area (Å²) in [6, 6.07) is 5.60. The first-order valence-corrected chi connectivity index (χ1v) is 4.96. The van der Waals surface area contributed by atoms with Crippen LogP contribution in [-0.4, -0.2) is 6.04 Å². The molecule has 0 amide bonds. The topological polar surface area (TPSA) is 26.0 Å². The van der Waals surface area contributed by atoms with Gasteiger partial charge < -0.3 is 5.73 Å². The Balaban J connectivity index is 2.32. The second-order valence-corrected chi connectivity index (χ2v) is 4.83. The molecule has 2 heteroatoms. The third-order valence-electron chi connectivity index (χ3n) is 3.47. The highest BCUT2D eigenvalue weighted by Crippen LogP contribution is 2.57. The summed E-state index contributed by atoms with van der Waals surface area (Å²) < 4.78 is 13.3. The zero-order valence-corrected chi connectivity index (χ0v) is 8.84. The molecule has 0 heterocycles. The molecule has 1 aliphatic carbocycles. The predicted octanol–water partition coefficient (Wildman–Crippen LogP) is 2.58. The summed E-state index contributed by atoms with van der Waals surface area (Å²) in [4.78, 5) is 0. The fourth-order valence-electron chi connectivity index (χ4n) is 2.12. The minimum Gasteiger partial charge on any atom is -0.327 e. The summed E-state index contributed by atoms with van der Waals surface area (Å²) >= 11 is 0. The minimum absolute atomic E-state index is 0.127. The van der Waals surface area contributed by atoms with Gasteiger partial charge in [-0.2, -0.15) is 0 Å². The maximum Gasteiger partial charge on any atom is 0.126 e. The third kappa shape index (κ3) is 1.25. The van der Waals surface area contributed by atoms with Gasteiger partial charge in [0, 0.05) is 12.0 Å². The lowest BCUT2D eigenvalue weighted by Crippen LogP contribution is -2.06. The first-order chi connectivity index (χ1) is 6.44. The van der Waals surface area contributed by atoms with E-state index in [1.165, 1.54) is 0 Å². The normalized spacial score (nSPS) is 28.9. The Bertz CT molecular complexity index is 371. The van der Waals surface area contributed by atoms with E-state index in [-0.39, 0.29) is 17.3 Å². The molecule has 1 fully saturated rings. The highest BCUT2D eigenvalue weighted by molar-refractivity contribution is 5.36. The Labute approximate surface area is 84.1 Å². The molecule has 1 aliphatic rings. The monoisotopic (exact) mass is 193 g/mol. The lowest BCUT2D eigenvalue weighted by molar-refractivity contribution is 0.592. The second-order valence-electron chi connectivity index (χ2n) is 4.83. The zero-order chi connectivity index (χ0) is 10.5. The van der Waals surface area contributed by atoms with Crippen LogP contribution in [0.3, 0.4) is 0 Å². The van der Waals surface area contributed by atoms with Gasteiger partial charge in [-0.05, 0) is 29.5 Å². The number of halogens is 1. The summed E-state index contributed by atoms with van der Waals surface area (Å²) in [6.07, 6.45) is 0. The third-order valence-corrected chi connectivity index (χ3v) is 3.47. The van der Waals surface area contributed by atoms with Crippen LogP contribution in [0.1, 0.15) is 30.9 Å². The Kier molecular flexibility index (Phi) is 1.93. The van der Waals surface area contributed by atoms with E-state index >= 15 is 0 Å². The quantitative estimate of drug-likeness (QED) is 0.729. The van der Waals surface area contributed by atoms with Crippen LogP contribution in [0.5, 0.6) is 0 Å². The van der Waals surface area contributed by atoms with Gasteiger partial charge >= 0.3 is 0 Å². The van der Waals surface area contributed by atoms with Gasteiger partial charge in [-0.3, -0.25) is 0 Å². The van der Waals surface area contributed by atoms with Crippen molar-refractivity contribution >= 4 is 0 Å². The molecule has 0 aliphatic heterocycles. The maximum absolute atomic E-state index is 13.3. The largest absolute Gasteiger partial charge is 0.327 e. The van der Waals surface area contributed by atoms with E-state index in [9.17, 15) is 4.39 Å². The molecule has 1 aromatic rings. The van der Waals surface area contributed by atoms with E-state index in [0.717, 1.165) is 5.56 Å². The van der Waals surface area contributed by atoms with Crippen molar-refractivity contribution in [1.29, 1.82) is 0 Å². The van der Waals surface area contributed by atoms with Crippen molar-refractivity contribution in [2.75, 3.05) is 0 Å². The van der Waals surface area contributed by atoms with Gasteiger partial charge in [-0.1, -0.05) is 26.0 Å². The summed E-state index contributed by atoms with van der Waals surface area (Å²) in [5, 5.41) is 0. The Hall–Kier alpha value is -0.890. The molecule has 2 rings (SSSR count). The van der Waals surface area contributed by atoms with E-state index < -0.39 is 0 Å². The van der Waals surface area contributed by atoms with E-state index in [1.807, 2.05) is 12.1 Å². The summed E-state index contributed by atoms with van der Waals surface area (Å²) in [7, 11) is 0. The fourth-order valence-corrected chi connectivity index (χ4v) is 2.12. The van der Waals surface area contributed by atoms with Crippen molar-refractivity contribution in [2.24, 2.45) is 11.1 Å². The SMILES string of the molecule is Cc1ccc([C@H]2[C@H](N)C2(C)C)cc1F. The smallest absolute Gasteiger partial charge is 0.126 e. The van der Waals surface area contributed by atoms with Crippen molar-refractivity contribution in [3.8, 4) is 0 Å². The number of nitrogens with two attached hydrogens (primary N) is 1. The van der Waals surface area contributed by atoms with Crippen LogP contribution in [0.2, 0.25) is 0 Å². The molecule has 2 N–H and O–H groups in total. The first-order valence-electron chi connectivity index (χ1n) is 4.96. The zero-order valence-electron chi connectivity index (χ0n) is 8.84. The first kappa shape index (κ1) is 9.66. The number of hydrogen-bond acceptors (Lipinski definition) is 1. The summed E-state index contributed by atoms with van der Waals surface area (Å²) in [5.74, 6) is 0.190. The van der Waals surface area contributed by atoms with E-state index in [4.69, 9.17) is 5.73 Å². The van der Waals surface area contributed by atoms with Crippen molar-refractivity contribution in [2.45, 2.75) is 32.7 Å². The summed E-state index contributed by atoms with van der Waals surface area (Å²) in [5.41, 5.74) is 7.80. The Morgan fingerprint density at radius 1 is 1.36 bits per heavy atom. The second kappa shape index (κ2) is 2.80. The lowest BCUT2D eigenvalue weighted by Gasteiger charge is -2.04. The number of hydrogen-bond donors (Lipinski definition) is 1. The molecule has 0 spiro atoms. The van der Waals surface area contributed by atoms with Crippen molar-refractivity contribution in [3.63, 3.8) is 0 Å². The van der Waals surface area contributed by atoms with Gasteiger partial charge in [-0.25, -0.2) is 4.39 Å². The van der Waals surface area contributed by atoms with Crippen LogP contribution in [-0.2, 0) is 0 Å². The van der Waals surface area contributed by atoms with Crippen LogP contribution in [0.4, 0.5) is 4.39 Å². The van der Waals surface area contributed by atoms with E-state index in [2.05, 4.69) is 13.8 Å². The molecule has 14 heavy (non-hydrogen) atoms. The van der Waals surface area contributed by atoms with Gasteiger partial charge in [0.1, 0.15) is 5.82 Å². The average molecular weight is 193 g/mol. The number of rotatable bonds is 1. The van der Waals surface area contributed by atoms with Crippen molar-refractivity contribution < 1.29 is 4.39 Å². The van der Waals surface area contributed by atoms with E-state index in [1.54, 1.807) is 13.0 Å². The average Bonchev–Trinajstić information content (AvgIpc) is 2.58. The highest BCUT2D eigenvalue weighted by Gasteiger charge is 2.56. The molecule has 0 aromatic heterocycles. The van der Waals surface area contributed by atoms with Gasteiger partial charge in [0.2, 0.25) is 0 Å². The molecular formula is C12H16FN. The van der Waals surface area contributed by atoms with Crippen LogP contribution < -0.4 is 5.73 Å². The predicted molar refractivity (Wildman–Crippen MR) is 55.6 cm³/mol. The Morgan fingerprint density at radius 2 is 1.93 bits per heavy atom. The maximum atomic E-state index is 13.3.